The third-order valence-corrected chi connectivity index (χ3v) is 4.86. The van der Waals surface area contributed by atoms with Crippen molar-refractivity contribution in [1.29, 1.82) is 0 Å². The number of fused-ring (bicyclic) bond motifs is 1. The molecule has 0 aliphatic carbocycles. The van der Waals surface area contributed by atoms with Gasteiger partial charge in [-0.15, -0.1) is 0 Å². The van der Waals surface area contributed by atoms with Gasteiger partial charge in [0.05, 0.1) is 6.04 Å². The molecule has 1 amide bonds. The first-order valence-electron chi connectivity index (χ1n) is 7.66. The van der Waals surface area contributed by atoms with Crippen molar-refractivity contribution in [3.8, 4) is 0 Å². The van der Waals surface area contributed by atoms with Crippen molar-refractivity contribution in [2.45, 2.75) is 38.0 Å². The second-order valence-electron chi connectivity index (χ2n) is 6.46. The third-order valence-electron chi connectivity index (χ3n) is 4.86. The number of nitrogens with zero attached hydrogens (tertiary/aromatic N) is 4. The molecule has 0 bridgehead atoms. The van der Waals surface area contributed by atoms with Gasteiger partial charge in [-0.2, -0.15) is 0 Å². The molecular weight excluding hydrogens is 264 g/mol. The first kappa shape index (κ1) is 14.5. The van der Waals surface area contributed by atoms with Crippen molar-refractivity contribution in [3.63, 3.8) is 0 Å². The number of aromatic nitrogens is 1. The standard InChI is InChI=1S/C16H24N4O/c1-12-16(21)20-11-14(18(2)3)7-15(20)10-19(12)9-13-5-4-6-17-8-13/h4-6,8,12,14-15H,7,9-11H2,1-3H3/t12-,14-,15-/m0/s1. The topological polar surface area (TPSA) is 39.7 Å². The Balaban J connectivity index is 1.72. The van der Waals surface area contributed by atoms with Gasteiger partial charge in [-0.05, 0) is 39.1 Å². The Morgan fingerprint density at radius 2 is 2.19 bits per heavy atom. The largest absolute Gasteiger partial charge is 0.335 e. The number of carbonyl (C=O) groups excluding carboxylic acids is 1. The Bertz CT molecular complexity index is 504. The molecule has 5 heteroatoms. The number of rotatable bonds is 3. The lowest BCUT2D eigenvalue weighted by molar-refractivity contribution is -0.143. The van der Waals surface area contributed by atoms with E-state index in [9.17, 15) is 4.79 Å². The first-order chi connectivity index (χ1) is 10.1. The number of amides is 1. The van der Waals surface area contributed by atoms with Gasteiger partial charge < -0.3 is 9.80 Å². The lowest BCUT2D eigenvalue weighted by Crippen LogP contribution is -2.58. The molecule has 114 valence electrons. The summed E-state index contributed by atoms with van der Waals surface area (Å²) in [6, 6.07) is 4.84. The average molecular weight is 288 g/mol. The van der Waals surface area contributed by atoms with Crippen LogP contribution in [0.5, 0.6) is 0 Å². The van der Waals surface area contributed by atoms with Gasteiger partial charge in [0.2, 0.25) is 5.91 Å². The van der Waals surface area contributed by atoms with Crippen LogP contribution in [0.1, 0.15) is 18.9 Å². The van der Waals surface area contributed by atoms with E-state index in [0.717, 1.165) is 26.1 Å². The van der Waals surface area contributed by atoms with Crippen molar-refractivity contribution in [1.82, 2.24) is 19.7 Å². The van der Waals surface area contributed by atoms with Gasteiger partial charge in [0.1, 0.15) is 0 Å². The van der Waals surface area contributed by atoms with Gasteiger partial charge in [0, 0.05) is 44.1 Å². The zero-order valence-corrected chi connectivity index (χ0v) is 13.1. The van der Waals surface area contributed by atoms with Crippen LogP contribution in [-0.4, -0.2) is 70.9 Å². The number of carbonyl (C=O) groups is 1. The highest BCUT2D eigenvalue weighted by atomic mass is 16.2. The molecule has 0 N–H and O–H groups in total. The van der Waals surface area contributed by atoms with E-state index in [1.807, 2.05) is 19.2 Å². The summed E-state index contributed by atoms with van der Waals surface area (Å²) in [4.78, 5) is 23.4. The summed E-state index contributed by atoms with van der Waals surface area (Å²) in [6.45, 7) is 4.67. The van der Waals surface area contributed by atoms with Crippen molar-refractivity contribution in [3.05, 3.63) is 30.1 Å². The lowest BCUT2D eigenvalue weighted by Gasteiger charge is -2.41. The molecule has 2 aliphatic heterocycles. The highest BCUT2D eigenvalue weighted by molar-refractivity contribution is 5.83. The Hall–Kier alpha value is -1.46. The van der Waals surface area contributed by atoms with Crippen molar-refractivity contribution < 1.29 is 4.79 Å². The Labute approximate surface area is 126 Å². The molecular formula is C16H24N4O. The summed E-state index contributed by atoms with van der Waals surface area (Å²) in [7, 11) is 4.20. The van der Waals surface area contributed by atoms with Crippen LogP contribution >= 0.6 is 0 Å². The molecule has 0 unspecified atom stereocenters. The maximum absolute atomic E-state index is 12.6. The van der Waals surface area contributed by atoms with Crippen molar-refractivity contribution in [2.75, 3.05) is 27.2 Å². The van der Waals surface area contributed by atoms with E-state index in [1.54, 1.807) is 6.20 Å². The van der Waals surface area contributed by atoms with E-state index >= 15 is 0 Å². The first-order valence-corrected chi connectivity index (χ1v) is 7.66. The van der Waals surface area contributed by atoms with Crippen LogP contribution in [0.3, 0.4) is 0 Å². The van der Waals surface area contributed by atoms with E-state index in [4.69, 9.17) is 0 Å². The van der Waals surface area contributed by atoms with E-state index < -0.39 is 0 Å². The zero-order valence-electron chi connectivity index (χ0n) is 13.1. The monoisotopic (exact) mass is 288 g/mol. The minimum atomic E-state index is -0.0395. The highest BCUT2D eigenvalue weighted by Crippen LogP contribution is 2.28. The normalized spacial score (nSPS) is 30.0. The van der Waals surface area contributed by atoms with Crippen LogP contribution in [0.15, 0.2) is 24.5 Å². The van der Waals surface area contributed by atoms with Crippen LogP contribution in [0, 0.1) is 0 Å². The molecule has 2 saturated heterocycles. The number of likely N-dealkylation sites (N-methyl/N-ethyl adjacent to an activating group) is 1. The predicted molar refractivity (Wildman–Crippen MR) is 81.7 cm³/mol. The molecule has 0 spiro atoms. The molecule has 2 aliphatic rings. The molecule has 2 fully saturated rings. The molecule has 0 radical (unpaired) electrons. The fraction of sp³-hybridized carbons (Fsp3) is 0.625. The summed E-state index contributed by atoms with van der Waals surface area (Å²) < 4.78 is 0. The number of hydrogen-bond donors (Lipinski definition) is 0. The van der Waals surface area contributed by atoms with Crippen molar-refractivity contribution in [2.24, 2.45) is 0 Å². The Morgan fingerprint density at radius 3 is 2.86 bits per heavy atom. The second kappa shape index (κ2) is 5.73. The second-order valence-corrected chi connectivity index (χ2v) is 6.46. The molecule has 1 aromatic heterocycles. The van der Waals surface area contributed by atoms with Crippen LogP contribution < -0.4 is 0 Å². The van der Waals surface area contributed by atoms with E-state index in [-0.39, 0.29) is 11.9 Å². The van der Waals surface area contributed by atoms with E-state index in [0.29, 0.717) is 12.1 Å². The molecule has 1 aromatic rings. The Kier molecular flexibility index (Phi) is 3.95. The summed E-state index contributed by atoms with van der Waals surface area (Å²) in [6.07, 6.45) is 4.75. The fourth-order valence-electron chi connectivity index (χ4n) is 3.46. The predicted octanol–water partition coefficient (Wildman–Crippen LogP) is 0.817. The number of hydrogen-bond acceptors (Lipinski definition) is 4. The molecule has 21 heavy (non-hydrogen) atoms. The molecule has 3 heterocycles. The van der Waals surface area contributed by atoms with Gasteiger partial charge in [0.25, 0.3) is 0 Å². The number of piperazine rings is 1. The minimum Gasteiger partial charge on any atom is -0.335 e. The molecule has 5 nitrogen and oxygen atoms in total. The summed E-state index contributed by atoms with van der Waals surface area (Å²) in [5, 5.41) is 0. The van der Waals surface area contributed by atoms with Gasteiger partial charge in [-0.1, -0.05) is 6.07 Å². The average Bonchev–Trinajstić information content (AvgIpc) is 2.90. The number of pyridine rings is 1. The maximum atomic E-state index is 12.6. The SMILES string of the molecule is C[C@H]1C(=O)N2C[C@@H](N(C)C)C[C@H]2CN1Cc1cccnc1. The third kappa shape index (κ3) is 2.80. The maximum Gasteiger partial charge on any atom is 0.240 e. The van der Waals surface area contributed by atoms with E-state index in [2.05, 4.69) is 39.8 Å². The fourth-order valence-corrected chi connectivity index (χ4v) is 3.46. The molecule has 0 saturated carbocycles. The minimum absolute atomic E-state index is 0.0395. The smallest absolute Gasteiger partial charge is 0.240 e. The van der Waals surface area contributed by atoms with Crippen LogP contribution in [0.4, 0.5) is 0 Å². The highest BCUT2D eigenvalue weighted by Gasteiger charge is 2.43. The van der Waals surface area contributed by atoms with Gasteiger partial charge in [0.15, 0.2) is 0 Å². The van der Waals surface area contributed by atoms with Crippen LogP contribution in [0.25, 0.3) is 0 Å². The Morgan fingerprint density at radius 1 is 1.38 bits per heavy atom. The summed E-state index contributed by atoms with van der Waals surface area (Å²) in [5.74, 6) is 0.277. The quantitative estimate of drug-likeness (QED) is 0.825. The molecule has 0 aromatic carbocycles. The summed E-state index contributed by atoms with van der Waals surface area (Å²) >= 11 is 0. The van der Waals surface area contributed by atoms with Crippen LogP contribution in [0.2, 0.25) is 0 Å². The molecule has 3 atom stereocenters. The molecule has 3 rings (SSSR count). The zero-order chi connectivity index (χ0) is 15.0. The van der Waals surface area contributed by atoms with E-state index in [1.165, 1.54) is 5.56 Å². The van der Waals surface area contributed by atoms with Crippen LogP contribution in [-0.2, 0) is 11.3 Å². The van der Waals surface area contributed by atoms with Gasteiger partial charge >= 0.3 is 0 Å². The lowest BCUT2D eigenvalue weighted by atomic mass is 10.1. The van der Waals surface area contributed by atoms with Gasteiger partial charge in [-0.3, -0.25) is 14.7 Å². The summed E-state index contributed by atoms with van der Waals surface area (Å²) in [5.41, 5.74) is 1.17. The van der Waals surface area contributed by atoms with Crippen molar-refractivity contribution >= 4 is 5.91 Å². The van der Waals surface area contributed by atoms with Gasteiger partial charge in [-0.25, -0.2) is 0 Å².